The van der Waals surface area contributed by atoms with Gasteiger partial charge in [-0.3, -0.25) is 0 Å². The number of aryl methyl sites for hydroxylation is 2. The Labute approximate surface area is 250 Å². The summed E-state index contributed by atoms with van der Waals surface area (Å²) < 4.78 is 32.9. The maximum atomic E-state index is 13.9. The fraction of sp³-hybridized carbons (Fsp3) is 0.393. The maximum absolute atomic E-state index is 13.9. The van der Waals surface area contributed by atoms with Gasteiger partial charge >= 0.3 is 0 Å². The van der Waals surface area contributed by atoms with Gasteiger partial charge in [0.15, 0.2) is 5.03 Å². The molecule has 42 heavy (non-hydrogen) atoms. The minimum atomic E-state index is -3.87. The summed E-state index contributed by atoms with van der Waals surface area (Å²) in [5.41, 5.74) is 2.10. The van der Waals surface area contributed by atoms with Crippen LogP contribution in [-0.4, -0.2) is 74.5 Å². The molecule has 14 heteroatoms. The van der Waals surface area contributed by atoms with E-state index in [1.165, 1.54) is 12.5 Å². The molecule has 1 aliphatic heterocycles. The van der Waals surface area contributed by atoms with Gasteiger partial charge in [-0.05, 0) is 43.0 Å². The van der Waals surface area contributed by atoms with Crippen LogP contribution in [-0.2, 0) is 30.7 Å². The third-order valence-corrected chi connectivity index (χ3v) is 9.56. The number of hydrogen-bond donors (Lipinski definition) is 0. The number of anilines is 2. The summed E-state index contributed by atoms with van der Waals surface area (Å²) in [6, 6.07) is 9.04. The van der Waals surface area contributed by atoms with E-state index in [-0.39, 0.29) is 17.5 Å². The van der Waals surface area contributed by atoms with Crippen molar-refractivity contribution >= 4 is 33.3 Å². The molecule has 0 spiro atoms. The lowest BCUT2D eigenvalue weighted by atomic mass is 9.97. The summed E-state index contributed by atoms with van der Waals surface area (Å²) in [6.45, 7) is 2.89. The van der Waals surface area contributed by atoms with Gasteiger partial charge in [0, 0.05) is 71.6 Å². The molecule has 1 aromatic carbocycles. The molecule has 4 heterocycles. The average molecular weight is 609 g/mol. The predicted octanol–water partition coefficient (Wildman–Crippen LogP) is 3.08. The Morgan fingerprint density at radius 3 is 2.48 bits per heavy atom. The van der Waals surface area contributed by atoms with Crippen LogP contribution in [0.3, 0.4) is 0 Å². The molecule has 3 aromatic heterocycles. The molecule has 0 amide bonds. The van der Waals surface area contributed by atoms with Gasteiger partial charge in [-0.2, -0.15) is 9.57 Å². The molecule has 5 rings (SSSR count). The second kappa shape index (κ2) is 12.9. The zero-order valence-corrected chi connectivity index (χ0v) is 25.2. The van der Waals surface area contributed by atoms with E-state index in [9.17, 15) is 13.7 Å². The van der Waals surface area contributed by atoms with Crippen molar-refractivity contribution in [3.63, 3.8) is 0 Å². The maximum Gasteiger partial charge on any atom is 0.262 e. The topological polar surface area (TPSA) is 129 Å². The average Bonchev–Trinajstić information content (AvgIpc) is 3.63. The number of nitriles is 1. The summed E-state index contributed by atoms with van der Waals surface area (Å²) in [6.07, 6.45) is 11.6. The first-order valence-electron chi connectivity index (χ1n) is 13.6. The summed E-state index contributed by atoms with van der Waals surface area (Å²) in [5.74, 6) is 0.853. The van der Waals surface area contributed by atoms with E-state index in [0.717, 1.165) is 31.6 Å². The Balaban J connectivity index is 1.38. The molecular formula is C28H33ClN10O2S. The van der Waals surface area contributed by atoms with E-state index in [1.54, 1.807) is 65.1 Å². The van der Waals surface area contributed by atoms with Gasteiger partial charge in [-0.15, -0.1) is 0 Å². The van der Waals surface area contributed by atoms with Crippen LogP contribution in [0.4, 0.5) is 11.6 Å². The van der Waals surface area contributed by atoms with E-state index in [1.807, 2.05) is 16.5 Å². The number of aromatic nitrogens is 6. The third kappa shape index (κ3) is 6.73. The summed E-state index contributed by atoms with van der Waals surface area (Å²) in [5, 5.41) is 9.77. The molecule has 1 fully saturated rings. The quantitative estimate of drug-likeness (QED) is 0.252. The molecule has 0 unspecified atom stereocenters. The van der Waals surface area contributed by atoms with E-state index in [4.69, 9.17) is 11.6 Å². The highest BCUT2D eigenvalue weighted by atomic mass is 35.5. The molecule has 0 bridgehead atoms. The Kier molecular flexibility index (Phi) is 9.06. The molecule has 0 aliphatic carbocycles. The Bertz CT molecular complexity index is 1640. The SMILES string of the molecule is Cn1cnc(S(=O)(=O)N(CCN(Cc2cncn2C)c2ccc(C#N)cc2Cl)CC2CCN(c3ncccn3)CC2)c1. The molecule has 0 atom stereocenters. The largest absolute Gasteiger partial charge is 0.363 e. The number of piperidine rings is 1. The predicted molar refractivity (Wildman–Crippen MR) is 159 cm³/mol. The number of nitrogens with zero attached hydrogens (tertiary/aromatic N) is 10. The van der Waals surface area contributed by atoms with Crippen molar-refractivity contribution < 1.29 is 8.42 Å². The van der Waals surface area contributed by atoms with Crippen molar-refractivity contribution in [3.05, 3.63) is 78.0 Å². The van der Waals surface area contributed by atoms with Gasteiger partial charge in [0.2, 0.25) is 5.95 Å². The molecule has 0 N–H and O–H groups in total. The second-order valence-electron chi connectivity index (χ2n) is 10.4. The Morgan fingerprint density at radius 2 is 1.86 bits per heavy atom. The van der Waals surface area contributed by atoms with Gasteiger partial charge in [0.25, 0.3) is 10.0 Å². The standard InChI is InChI=1S/C28H33ClN10O2S/c1-35-19-27(34-21-35)42(40,41)39(17-22-6-10-37(11-7-22)28-32-8-3-9-33-28)13-12-38(18-24-16-31-20-36(24)2)26-5-4-23(15-30)14-25(26)29/h3-5,8-9,14,16,19-22H,6-7,10-13,17-18H2,1-2H3. The van der Waals surface area contributed by atoms with Crippen molar-refractivity contribution in [2.75, 3.05) is 42.5 Å². The highest BCUT2D eigenvalue weighted by Gasteiger charge is 2.31. The molecule has 12 nitrogen and oxygen atoms in total. The Hall–Kier alpha value is -3.99. The summed E-state index contributed by atoms with van der Waals surface area (Å²) in [7, 11) is -0.213. The van der Waals surface area contributed by atoms with Gasteiger partial charge in [-0.25, -0.2) is 28.4 Å². The van der Waals surface area contributed by atoms with Crippen molar-refractivity contribution in [2.45, 2.75) is 24.4 Å². The molecule has 4 aromatic rings. The van der Waals surface area contributed by atoms with Crippen LogP contribution >= 0.6 is 11.6 Å². The van der Waals surface area contributed by atoms with Crippen LogP contribution in [0.2, 0.25) is 5.02 Å². The second-order valence-corrected chi connectivity index (χ2v) is 12.7. The Morgan fingerprint density at radius 1 is 1.10 bits per heavy atom. The van der Waals surface area contributed by atoms with E-state index < -0.39 is 10.0 Å². The first kappa shape index (κ1) is 29.5. The first-order chi connectivity index (χ1) is 20.2. The monoisotopic (exact) mass is 608 g/mol. The number of benzene rings is 1. The van der Waals surface area contributed by atoms with Crippen LogP contribution in [0.25, 0.3) is 0 Å². The van der Waals surface area contributed by atoms with Gasteiger partial charge < -0.3 is 18.9 Å². The third-order valence-electron chi connectivity index (χ3n) is 7.50. The zero-order chi connectivity index (χ0) is 29.7. The minimum absolute atomic E-state index is 0.0229. The summed E-state index contributed by atoms with van der Waals surface area (Å²) >= 11 is 6.63. The normalized spacial score (nSPS) is 14.3. The van der Waals surface area contributed by atoms with Crippen molar-refractivity contribution in [2.24, 2.45) is 20.0 Å². The molecule has 1 aliphatic rings. The lowest BCUT2D eigenvalue weighted by molar-refractivity contribution is 0.301. The fourth-order valence-electron chi connectivity index (χ4n) is 5.10. The van der Waals surface area contributed by atoms with E-state index in [2.05, 4.69) is 30.9 Å². The van der Waals surface area contributed by atoms with E-state index >= 15 is 0 Å². The first-order valence-corrected chi connectivity index (χ1v) is 15.5. The highest BCUT2D eigenvalue weighted by Crippen LogP contribution is 2.29. The van der Waals surface area contributed by atoms with Gasteiger partial charge in [0.05, 0.1) is 47.2 Å². The van der Waals surface area contributed by atoms with Crippen LogP contribution in [0.1, 0.15) is 24.1 Å². The molecule has 220 valence electrons. The van der Waals surface area contributed by atoms with Crippen LogP contribution in [0.15, 0.2) is 66.7 Å². The van der Waals surface area contributed by atoms with Crippen molar-refractivity contribution in [1.82, 2.24) is 33.4 Å². The van der Waals surface area contributed by atoms with Crippen molar-refractivity contribution in [3.8, 4) is 6.07 Å². The number of rotatable bonds is 11. The molecule has 0 saturated carbocycles. The number of sulfonamides is 1. The van der Waals surface area contributed by atoms with Crippen LogP contribution < -0.4 is 9.80 Å². The number of halogens is 1. The van der Waals surface area contributed by atoms with Crippen LogP contribution in [0.5, 0.6) is 0 Å². The minimum Gasteiger partial charge on any atom is -0.363 e. The summed E-state index contributed by atoms with van der Waals surface area (Å²) in [4.78, 5) is 21.3. The molecular weight excluding hydrogens is 576 g/mol. The van der Waals surface area contributed by atoms with Crippen molar-refractivity contribution in [1.29, 1.82) is 5.26 Å². The highest BCUT2D eigenvalue weighted by molar-refractivity contribution is 7.89. The lowest BCUT2D eigenvalue weighted by Crippen LogP contribution is -2.44. The van der Waals surface area contributed by atoms with Crippen LogP contribution in [0, 0.1) is 17.2 Å². The molecule has 0 radical (unpaired) electrons. The van der Waals surface area contributed by atoms with Gasteiger partial charge in [-0.1, -0.05) is 11.6 Å². The lowest BCUT2D eigenvalue weighted by Gasteiger charge is -2.35. The smallest absolute Gasteiger partial charge is 0.262 e. The number of imidazole rings is 2. The van der Waals surface area contributed by atoms with E-state index in [0.29, 0.717) is 41.9 Å². The van der Waals surface area contributed by atoms with Gasteiger partial charge in [0.1, 0.15) is 0 Å². The fourth-order valence-corrected chi connectivity index (χ4v) is 6.88. The molecule has 1 saturated heterocycles. The number of hydrogen-bond acceptors (Lipinski definition) is 9. The zero-order valence-electron chi connectivity index (χ0n) is 23.6.